The van der Waals surface area contributed by atoms with Crippen molar-refractivity contribution in [3.05, 3.63) is 59.2 Å². The topological polar surface area (TPSA) is 58.9 Å². The Morgan fingerprint density at radius 2 is 1.69 bits per heavy atom. The van der Waals surface area contributed by atoms with Crippen LogP contribution in [0.5, 0.6) is 11.5 Å². The molecule has 26 heavy (non-hydrogen) atoms. The highest BCUT2D eigenvalue weighted by Gasteiger charge is 2.23. The van der Waals surface area contributed by atoms with Gasteiger partial charge in [-0.3, -0.25) is 0 Å². The Morgan fingerprint density at radius 1 is 0.962 bits per heavy atom. The lowest BCUT2D eigenvalue weighted by Crippen LogP contribution is -2.00. The summed E-state index contributed by atoms with van der Waals surface area (Å²) in [6.07, 6.45) is 0. The van der Waals surface area contributed by atoms with Gasteiger partial charge in [-0.05, 0) is 46.7 Å². The number of aliphatic hydroxyl groups excluding tert-OH is 2. The highest BCUT2D eigenvalue weighted by Crippen LogP contribution is 2.46. The predicted molar refractivity (Wildman–Crippen MR) is 108 cm³/mol. The van der Waals surface area contributed by atoms with Crippen molar-refractivity contribution >= 4 is 20.0 Å². The maximum Gasteiger partial charge on any atom is 0.231 e. The van der Waals surface area contributed by atoms with E-state index in [-0.39, 0.29) is 20.0 Å². The molecule has 1 aliphatic heterocycles. The van der Waals surface area contributed by atoms with Gasteiger partial charge >= 0.3 is 0 Å². The van der Waals surface area contributed by atoms with Crippen molar-refractivity contribution in [1.82, 2.24) is 0 Å². The molecule has 0 aromatic heterocycles. The smallest absolute Gasteiger partial charge is 0.231 e. The molecular formula is C21H23O4P. The normalized spacial score (nSPS) is 12.0. The van der Waals surface area contributed by atoms with Gasteiger partial charge in [0.1, 0.15) is 0 Å². The lowest BCUT2D eigenvalue weighted by atomic mass is 9.89. The minimum Gasteiger partial charge on any atom is -0.454 e. The zero-order valence-corrected chi connectivity index (χ0v) is 16.1. The van der Waals surface area contributed by atoms with Gasteiger partial charge in [0.25, 0.3) is 0 Å². The second kappa shape index (κ2) is 8.05. The first-order chi connectivity index (χ1) is 12.7. The van der Waals surface area contributed by atoms with Crippen molar-refractivity contribution in [2.45, 2.75) is 20.1 Å². The minimum atomic E-state index is -0.153. The Balaban J connectivity index is 0.000000948. The Bertz CT molecular complexity index is 920. The first kappa shape index (κ1) is 18.7. The van der Waals surface area contributed by atoms with E-state index >= 15 is 0 Å². The second-order valence-electron chi connectivity index (χ2n) is 5.97. The van der Waals surface area contributed by atoms with Crippen molar-refractivity contribution in [3.8, 4) is 22.6 Å². The molecule has 136 valence electrons. The summed E-state index contributed by atoms with van der Waals surface area (Å²) >= 11 is 0. The van der Waals surface area contributed by atoms with E-state index in [1.54, 1.807) is 0 Å². The van der Waals surface area contributed by atoms with Gasteiger partial charge in [-0.1, -0.05) is 42.6 Å². The molecule has 2 N–H and O–H groups in total. The zero-order chi connectivity index (χ0) is 18.7. The van der Waals surface area contributed by atoms with Crippen LogP contribution in [-0.2, 0) is 13.2 Å². The van der Waals surface area contributed by atoms with E-state index in [1.165, 1.54) is 0 Å². The molecule has 1 unspecified atom stereocenters. The number of benzene rings is 3. The summed E-state index contributed by atoms with van der Waals surface area (Å²) in [5, 5.41) is 21.6. The first-order valence-corrected chi connectivity index (χ1v) is 9.62. The van der Waals surface area contributed by atoms with E-state index in [9.17, 15) is 10.2 Å². The highest BCUT2D eigenvalue weighted by atomic mass is 31.0. The van der Waals surface area contributed by atoms with E-state index < -0.39 is 0 Å². The van der Waals surface area contributed by atoms with Crippen LogP contribution >= 0.6 is 9.24 Å². The summed E-state index contributed by atoms with van der Waals surface area (Å²) in [6.45, 7) is 3.87. The summed E-state index contributed by atoms with van der Waals surface area (Å²) in [4.78, 5) is 0. The molecular weight excluding hydrogens is 347 g/mol. The molecule has 5 heteroatoms. The Labute approximate surface area is 155 Å². The molecule has 4 rings (SSSR count). The molecule has 0 fully saturated rings. The molecule has 1 aliphatic rings. The molecule has 0 radical (unpaired) electrons. The van der Waals surface area contributed by atoms with Gasteiger partial charge < -0.3 is 19.7 Å². The summed E-state index contributed by atoms with van der Waals surface area (Å²) in [5.41, 5.74) is 4.48. The fourth-order valence-electron chi connectivity index (χ4n) is 3.31. The quantitative estimate of drug-likeness (QED) is 0.684. The van der Waals surface area contributed by atoms with Crippen molar-refractivity contribution in [1.29, 1.82) is 0 Å². The SMILES string of the molecule is CP.Cc1ccc(-c2c(CO)c(CO)cc3ccc4c(c23)OCO4)cc1. The number of hydrogen-bond donors (Lipinski definition) is 2. The van der Waals surface area contributed by atoms with Crippen molar-refractivity contribution < 1.29 is 19.7 Å². The number of hydrogen-bond acceptors (Lipinski definition) is 4. The molecule has 4 nitrogen and oxygen atoms in total. The fraction of sp³-hybridized carbons (Fsp3) is 0.238. The van der Waals surface area contributed by atoms with Crippen molar-refractivity contribution in [3.63, 3.8) is 0 Å². The number of aliphatic hydroxyl groups is 2. The predicted octanol–water partition coefficient (Wildman–Crippen LogP) is 4.02. The number of fused-ring (bicyclic) bond motifs is 3. The monoisotopic (exact) mass is 370 g/mol. The van der Waals surface area contributed by atoms with Crippen LogP contribution in [0.2, 0.25) is 0 Å². The third-order valence-corrected chi connectivity index (χ3v) is 4.51. The van der Waals surface area contributed by atoms with E-state index in [0.29, 0.717) is 11.5 Å². The lowest BCUT2D eigenvalue weighted by Gasteiger charge is -2.17. The third kappa shape index (κ3) is 3.16. The average Bonchev–Trinajstić information content (AvgIpc) is 3.17. The van der Waals surface area contributed by atoms with Gasteiger partial charge in [0.2, 0.25) is 6.79 Å². The van der Waals surface area contributed by atoms with E-state index in [0.717, 1.165) is 38.6 Å². The number of rotatable bonds is 3. The number of ether oxygens (including phenoxy) is 2. The standard InChI is InChI=1S/C20H18O4.CH5P/c1-12-2-4-13(5-3-12)18-16(10-22)15(9-21)8-14-6-7-17-20(19(14)18)24-11-23-17;1-2/h2-8,21-22H,9-11H2,1H3;2H2,1H3. The van der Waals surface area contributed by atoms with E-state index in [2.05, 4.69) is 9.24 Å². The van der Waals surface area contributed by atoms with Gasteiger partial charge in [-0.25, -0.2) is 0 Å². The van der Waals surface area contributed by atoms with Crippen LogP contribution in [0.15, 0.2) is 42.5 Å². The molecule has 1 heterocycles. The highest BCUT2D eigenvalue weighted by molar-refractivity contribution is 7.15. The molecule has 0 bridgehead atoms. The third-order valence-electron chi connectivity index (χ3n) is 4.51. The molecule has 0 saturated heterocycles. The molecule has 1 atom stereocenters. The lowest BCUT2D eigenvalue weighted by molar-refractivity contribution is 0.175. The van der Waals surface area contributed by atoms with Gasteiger partial charge in [-0.15, -0.1) is 9.24 Å². The summed E-state index contributed by atoms with van der Waals surface area (Å²) in [5.74, 6) is 1.40. The van der Waals surface area contributed by atoms with Gasteiger partial charge in [0.05, 0.1) is 13.2 Å². The summed E-state index contributed by atoms with van der Waals surface area (Å²) in [7, 11) is 2.42. The largest absolute Gasteiger partial charge is 0.454 e. The van der Waals surface area contributed by atoms with Crippen LogP contribution in [0, 0.1) is 6.92 Å². The van der Waals surface area contributed by atoms with Crippen LogP contribution in [0.4, 0.5) is 0 Å². The van der Waals surface area contributed by atoms with Gasteiger partial charge in [0, 0.05) is 5.39 Å². The Hall–Kier alpha value is -2.13. The fourth-order valence-corrected chi connectivity index (χ4v) is 3.31. The average molecular weight is 370 g/mol. The molecule has 3 aromatic rings. The first-order valence-electron chi connectivity index (χ1n) is 8.46. The minimum absolute atomic E-state index is 0.126. The van der Waals surface area contributed by atoms with E-state index in [4.69, 9.17) is 9.47 Å². The van der Waals surface area contributed by atoms with Crippen molar-refractivity contribution in [2.75, 3.05) is 13.5 Å². The maximum atomic E-state index is 9.97. The van der Waals surface area contributed by atoms with Gasteiger partial charge in [-0.2, -0.15) is 0 Å². The second-order valence-corrected chi connectivity index (χ2v) is 5.97. The molecule has 0 spiro atoms. The van der Waals surface area contributed by atoms with Crippen molar-refractivity contribution in [2.24, 2.45) is 0 Å². The van der Waals surface area contributed by atoms with Crippen LogP contribution < -0.4 is 9.47 Å². The van der Waals surface area contributed by atoms with E-state index in [1.807, 2.05) is 56.1 Å². The molecule has 0 aliphatic carbocycles. The summed E-state index contributed by atoms with van der Waals surface area (Å²) in [6, 6.07) is 13.9. The maximum absolute atomic E-state index is 9.97. The number of aryl methyl sites for hydroxylation is 1. The van der Waals surface area contributed by atoms with Gasteiger partial charge in [0.15, 0.2) is 11.5 Å². The zero-order valence-electron chi connectivity index (χ0n) is 15.0. The summed E-state index contributed by atoms with van der Waals surface area (Å²) < 4.78 is 11.2. The molecule has 0 amide bonds. The molecule has 3 aromatic carbocycles. The van der Waals surface area contributed by atoms with Crippen LogP contribution in [0.1, 0.15) is 16.7 Å². The van der Waals surface area contributed by atoms with Crippen LogP contribution in [0.3, 0.4) is 0 Å². The molecule has 0 saturated carbocycles. The van der Waals surface area contributed by atoms with Crippen LogP contribution in [-0.4, -0.2) is 23.7 Å². The Kier molecular flexibility index (Phi) is 5.77. The van der Waals surface area contributed by atoms with Crippen LogP contribution in [0.25, 0.3) is 21.9 Å². The Morgan fingerprint density at radius 3 is 2.35 bits per heavy atom.